The van der Waals surface area contributed by atoms with Crippen molar-refractivity contribution >= 4 is 18.1 Å². The van der Waals surface area contributed by atoms with E-state index in [0.717, 1.165) is 16.0 Å². The van der Waals surface area contributed by atoms with Crippen molar-refractivity contribution < 1.29 is 14.3 Å². The van der Waals surface area contributed by atoms with Crippen LogP contribution in [0.1, 0.15) is 11.1 Å². The fourth-order valence-electron chi connectivity index (χ4n) is 1.71. The average molecular weight is 231 g/mol. The Labute approximate surface area is 99.5 Å². The number of hydrogen-bond donors (Lipinski definition) is 0. The summed E-state index contributed by atoms with van der Waals surface area (Å²) in [5.74, 6) is -0.269. The Morgan fingerprint density at radius 2 is 2.24 bits per heavy atom. The zero-order chi connectivity index (χ0) is 12.3. The van der Waals surface area contributed by atoms with Crippen LogP contribution < -0.4 is 0 Å². The van der Waals surface area contributed by atoms with E-state index < -0.39 is 6.09 Å². The topological polar surface area (TPSA) is 46.6 Å². The van der Waals surface area contributed by atoms with E-state index in [9.17, 15) is 9.59 Å². The maximum atomic E-state index is 11.3. The highest BCUT2D eigenvalue weighted by atomic mass is 16.6. The molecule has 0 aromatic heterocycles. The molecule has 0 unspecified atom stereocenters. The van der Waals surface area contributed by atoms with Crippen molar-refractivity contribution in [3.8, 4) is 0 Å². The van der Waals surface area contributed by atoms with Gasteiger partial charge in [0, 0.05) is 6.54 Å². The second-order valence-electron chi connectivity index (χ2n) is 3.80. The van der Waals surface area contributed by atoms with Crippen LogP contribution in [0.2, 0.25) is 0 Å². The van der Waals surface area contributed by atoms with E-state index in [1.54, 1.807) is 6.08 Å². The first-order valence-electron chi connectivity index (χ1n) is 5.39. The van der Waals surface area contributed by atoms with Gasteiger partial charge in [0.1, 0.15) is 0 Å². The molecule has 0 spiro atoms. The van der Waals surface area contributed by atoms with Crippen molar-refractivity contribution in [3.63, 3.8) is 0 Å². The van der Waals surface area contributed by atoms with E-state index in [4.69, 9.17) is 0 Å². The fourth-order valence-corrected chi connectivity index (χ4v) is 1.71. The molecule has 0 N–H and O–H groups in total. The standard InChI is InChI=1S/C13H13NO3/c1-2-10-4-3-5-11(8-10)6-7-14-12(15)9-17-13(14)16/h2-5,8H,1,6-7,9H2. The van der Waals surface area contributed by atoms with E-state index in [2.05, 4.69) is 11.3 Å². The van der Waals surface area contributed by atoms with Crippen molar-refractivity contribution in [2.24, 2.45) is 0 Å². The Balaban J connectivity index is 1.99. The lowest BCUT2D eigenvalue weighted by molar-refractivity contribution is -0.125. The van der Waals surface area contributed by atoms with Crippen LogP contribution in [0.5, 0.6) is 0 Å². The summed E-state index contributed by atoms with van der Waals surface area (Å²) in [5.41, 5.74) is 2.09. The molecule has 1 saturated heterocycles. The molecule has 0 bridgehead atoms. The molecule has 4 nitrogen and oxygen atoms in total. The molecule has 1 aromatic rings. The van der Waals surface area contributed by atoms with Gasteiger partial charge >= 0.3 is 6.09 Å². The van der Waals surface area contributed by atoms with Gasteiger partial charge in [-0.2, -0.15) is 0 Å². The lowest BCUT2D eigenvalue weighted by Crippen LogP contribution is -2.31. The molecule has 1 aliphatic rings. The summed E-state index contributed by atoms with van der Waals surface area (Å²) in [5, 5.41) is 0. The van der Waals surface area contributed by atoms with Crippen molar-refractivity contribution in [2.45, 2.75) is 6.42 Å². The van der Waals surface area contributed by atoms with Gasteiger partial charge in [0.05, 0.1) is 0 Å². The molecule has 2 rings (SSSR count). The summed E-state index contributed by atoms with van der Waals surface area (Å²) in [4.78, 5) is 23.6. The van der Waals surface area contributed by atoms with Gasteiger partial charge in [-0.3, -0.25) is 4.79 Å². The van der Waals surface area contributed by atoms with Gasteiger partial charge in [0.15, 0.2) is 6.61 Å². The Morgan fingerprint density at radius 1 is 1.41 bits per heavy atom. The number of carbonyl (C=O) groups is 2. The van der Waals surface area contributed by atoms with E-state index >= 15 is 0 Å². The summed E-state index contributed by atoms with van der Waals surface area (Å²) >= 11 is 0. The van der Waals surface area contributed by atoms with Crippen LogP contribution in [0.15, 0.2) is 30.8 Å². The second-order valence-corrected chi connectivity index (χ2v) is 3.80. The number of hydrogen-bond acceptors (Lipinski definition) is 3. The number of cyclic esters (lactones) is 1. The molecule has 88 valence electrons. The van der Waals surface area contributed by atoms with Crippen LogP contribution in [0.25, 0.3) is 6.08 Å². The number of benzene rings is 1. The first-order chi connectivity index (χ1) is 8.20. The molecule has 0 atom stereocenters. The highest BCUT2D eigenvalue weighted by Crippen LogP contribution is 2.10. The first kappa shape index (κ1) is 11.4. The molecule has 1 fully saturated rings. The zero-order valence-corrected chi connectivity index (χ0v) is 9.39. The van der Waals surface area contributed by atoms with Gasteiger partial charge in [-0.25, -0.2) is 9.69 Å². The quantitative estimate of drug-likeness (QED) is 0.794. The summed E-state index contributed by atoms with van der Waals surface area (Å²) in [6.45, 7) is 3.92. The van der Waals surface area contributed by atoms with E-state index in [1.807, 2.05) is 24.3 Å². The molecule has 4 heteroatoms. The molecule has 0 saturated carbocycles. The Kier molecular flexibility index (Phi) is 3.23. The molecule has 0 aliphatic carbocycles. The van der Waals surface area contributed by atoms with Crippen LogP contribution in [0, 0.1) is 0 Å². The molecular formula is C13H13NO3. The second kappa shape index (κ2) is 4.82. The number of ether oxygens (including phenoxy) is 1. The average Bonchev–Trinajstić information content (AvgIpc) is 2.67. The van der Waals surface area contributed by atoms with Crippen LogP contribution in [-0.2, 0) is 16.0 Å². The normalized spacial score (nSPS) is 14.9. The predicted molar refractivity (Wildman–Crippen MR) is 63.3 cm³/mol. The molecule has 1 heterocycles. The minimum absolute atomic E-state index is 0.133. The maximum absolute atomic E-state index is 11.3. The molecule has 1 aliphatic heterocycles. The number of carbonyl (C=O) groups excluding carboxylic acids is 2. The number of imide groups is 1. The van der Waals surface area contributed by atoms with Crippen molar-refractivity contribution in [1.29, 1.82) is 0 Å². The highest BCUT2D eigenvalue weighted by Gasteiger charge is 2.30. The third-order valence-electron chi connectivity index (χ3n) is 2.65. The SMILES string of the molecule is C=Cc1cccc(CCN2C(=O)COC2=O)c1. The third-order valence-corrected chi connectivity index (χ3v) is 2.65. The van der Waals surface area contributed by atoms with Gasteiger partial charge in [-0.1, -0.05) is 36.9 Å². The van der Waals surface area contributed by atoms with Gasteiger partial charge in [-0.05, 0) is 17.5 Å². The summed E-state index contributed by atoms with van der Waals surface area (Å²) in [6.07, 6.45) is 1.84. The van der Waals surface area contributed by atoms with E-state index in [-0.39, 0.29) is 12.5 Å². The van der Waals surface area contributed by atoms with Crippen LogP contribution >= 0.6 is 0 Å². The monoisotopic (exact) mass is 231 g/mol. The molecule has 1 aromatic carbocycles. The fraction of sp³-hybridized carbons (Fsp3) is 0.231. The van der Waals surface area contributed by atoms with Crippen LogP contribution in [0.3, 0.4) is 0 Å². The number of nitrogens with zero attached hydrogens (tertiary/aromatic N) is 1. The molecule has 0 radical (unpaired) electrons. The number of rotatable bonds is 4. The highest BCUT2D eigenvalue weighted by molar-refractivity contribution is 5.97. The summed E-state index contributed by atoms with van der Waals surface area (Å²) < 4.78 is 4.63. The lowest BCUT2D eigenvalue weighted by Gasteiger charge is -2.10. The van der Waals surface area contributed by atoms with E-state index in [0.29, 0.717) is 13.0 Å². The minimum atomic E-state index is -0.546. The maximum Gasteiger partial charge on any atom is 0.417 e. The van der Waals surface area contributed by atoms with Gasteiger partial charge < -0.3 is 4.74 Å². The minimum Gasteiger partial charge on any atom is -0.439 e. The molecular weight excluding hydrogens is 218 g/mol. The van der Waals surface area contributed by atoms with Crippen LogP contribution in [0.4, 0.5) is 4.79 Å². The lowest BCUT2D eigenvalue weighted by atomic mass is 10.1. The smallest absolute Gasteiger partial charge is 0.417 e. The van der Waals surface area contributed by atoms with Gasteiger partial charge in [0.25, 0.3) is 5.91 Å². The predicted octanol–water partition coefficient (Wildman–Crippen LogP) is 1.85. The first-order valence-corrected chi connectivity index (χ1v) is 5.39. The Morgan fingerprint density at radius 3 is 2.88 bits per heavy atom. The molecule has 2 amide bonds. The van der Waals surface area contributed by atoms with Gasteiger partial charge in [-0.15, -0.1) is 0 Å². The van der Waals surface area contributed by atoms with E-state index in [1.165, 1.54) is 0 Å². The molecule has 17 heavy (non-hydrogen) atoms. The van der Waals surface area contributed by atoms with Crippen molar-refractivity contribution in [1.82, 2.24) is 4.90 Å². The zero-order valence-electron chi connectivity index (χ0n) is 9.39. The largest absolute Gasteiger partial charge is 0.439 e. The third kappa shape index (κ3) is 2.53. The summed E-state index contributed by atoms with van der Waals surface area (Å²) in [6, 6.07) is 7.82. The number of amides is 2. The van der Waals surface area contributed by atoms with Crippen molar-refractivity contribution in [3.05, 3.63) is 42.0 Å². The van der Waals surface area contributed by atoms with Gasteiger partial charge in [0.2, 0.25) is 0 Å². The van der Waals surface area contributed by atoms with Crippen LogP contribution in [-0.4, -0.2) is 30.1 Å². The Hall–Kier alpha value is -2.10. The summed E-state index contributed by atoms with van der Waals surface area (Å²) in [7, 11) is 0. The Bertz CT molecular complexity index is 451. The van der Waals surface area contributed by atoms with Crippen molar-refractivity contribution in [2.75, 3.05) is 13.2 Å².